The van der Waals surface area contributed by atoms with Crippen LogP contribution < -0.4 is 10.5 Å². The number of carbonyl (C=O) groups excluding carboxylic acids is 1. The molecule has 0 saturated carbocycles. The van der Waals surface area contributed by atoms with Crippen LogP contribution in [0.4, 0.5) is 4.79 Å². The molecule has 1 aromatic rings. The lowest BCUT2D eigenvalue weighted by atomic mass is 9.85. The molecule has 0 bridgehead atoms. The van der Waals surface area contributed by atoms with Gasteiger partial charge >= 0.3 is 6.09 Å². The van der Waals surface area contributed by atoms with Gasteiger partial charge in [-0.05, 0) is 40.7 Å². The molecule has 26 heavy (non-hydrogen) atoms. The van der Waals surface area contributed by atoms with Crippen molar-refractivity contribution in [1.82, 2.24) is 4.90 Å². The molecule has 1 amide bonds. The van der Waals surface area contributed by atoms with E-state index in [1.54, 1.807) is 11.0 Å². The van der Waals surface area contributed by atoms with Crippen molar-refractivity contribution in [1.29, 1.82) is 5.26 Å². The first kappa shape index (κ1) is 20.3. The number of nitrogens with zero attached hydrogens (tertiary/aromatic N) is 2. The van der Waals surface area contributed by atoms with E-state index in [1.807, 2.05) is 34.6 Å². The third-order valence-corrected chi connectivity index (χ3v) is 4.43. The van der Waals surface area contributed by atoms with Crippen molar-refractivity contribution < 1.29 is 14.3 Å². The minimum Gasteiger partial charge on any atom is -0.493 e. The standard InChI is InChI=1S/C19H26ClN3O3/c1-6-25-17-13(11(2)22)7-15(20)14(8-21)16(17)12-9-23(10-12)18(24)26-19(3,4)5/h7,11-12H,6,9-10,22H2,1-5H3. The van der Waals surface area contributed by atoms with Gasteiger partial charge in [-0.2, -0.15) is 5.26 Å². The predicted molar refractivity (Wildman–Crippen MR) is 100 cm³/mol. The predicted octanol–water partition coefficient (Wildman–Crippen LogP) is 3.96. The number of halogens is 1. The SMILES string of the molecule is CCOc1c(C(C)N)cc(Cl)c(C#N)c1C1CN(C(=O)OC(C)(C)C)C1. The Labute approximate surface area is 159 Å². The van der Waals surface area contributed by atoms with Gasteiger partial charge in [0.15, 0.2) is 0 Å². The topological polar surface area (TPSA) is 88.6 Å². The molecule has 2 rings (SSSR count). The summed E-state index contributed by atoms with van der Waals surface area (Å²) in [5.74, 6) is 0.562. The number of hydrogen-bond donors (Lipinski definition) is 1. The maximum absolute atomic E-state index is 12.2. The van der Waals surface area contributed by atoms with E-state index in [1.165, 1.54) is 0 Å². The Hall–Kier alpha value is -1.97. The number of ether oxygens (including phenoxy) is 2. The van der Waals surface area contributed by atoms with Crippen molar-refractivity contribution in [2.24, 2.45) is 5.73 Å². The number of nitriles is 1. The molecular weight excluding hydrogens is 354 g/mol. The summed E-state index contributed by atoms with van der Waals surface area (Å²) in [6.07, 6.45) is -0.361. The Morgan fingerprint density at radius 3 is 2.58 bits per heavy atom. The number of likely N-dealkylation sites (tertiary alicyclic amines) is 1. The number of nitrogens with two attached hydrogens (primary N) is 1. The number of rotatable bonds is 4. The Bertz CT molecular complexity index is 729. The minimum atomic E-state index is -0.547. The van der Waals surface area contributed by atoms with Crippen LogP contribution in [0.2, 0.25) is 5.02 Å². The zero-order valence-electron chi connectivity index (χ0n) is 15.9. The summed E-state index contributed by atoms with van der Waals surface area (Å²) in [5, 5.41) is 9.95. The first-order chi connectivity index (χ1) is 12.1. The van der Waals surface area contributed by atoms with Crippen molar-refractivity contribution in [3.05, 3.63) is 27.8 Å². The normalized spacial score (nSPS) is 15.8. The number of carbonyl (C=O) groups is 1. The van der Waals surface area contributed by atoms with Crippen LogP contribution >= 0.6 is 11.6 Å². The molecule has 0 aromatic heterocycles. The molecule has 0 aliphatic carbocycles. The van der Waals surface area contributed by atoms with E-state index in [2.05, 4.69) is 6.07 Å². The first-order valence-corrected chi connectivity index (χ1v) is 9.09. The van der Waals surface area contributed by atoms with E-state index >= 15 is 0 Å². The quantitative estimate of drug-likeness (QED) is 0.855. The Morgan fingerprint density at radius 2 is 2.12 bits per heavy atom. The lowest BCUT2D eigenvalue weighted by molar-refractivity contribution is 0.00793. The second kappa shape index (κ2) is 7.73. The summed E-state index contributed by atoms with van der Waals surface area (Å²) in [5.41, 5.74) is 7.40. The Balaban J connectivity index is 2.35. The van der Waals surface area contributed by atoms with E-state index in [-0.39, 0.29) is 18.1 Å². The third kappa shape index (κ3) is 4.22. The van der Waals surface area contributed by atoms with Gasteiger partial charge in [0.1, 0.15) is 17.4 Å². The fourth-order valence-corrected chi connectivity index (χ4v) is 3.22. The van der Waals surface area contributed by atoms with Gasteiger partial charge in [0.25, 0.3) is 0 Å². The average molecular weight is 380 g/mol. The van der Waals surface area contributed by atoms with Gasteiger partial charge in [0.2, 0.25) is 0 Å². The molecule has 2 N–H and O–H groups in total. The summed E-state index contributed by atoms with van der Waals surface area (Å²) < 4.78 is 11.2. The number of amides is 1. The molecule has 1 aliphatic heterocycles. The van der Waals surface area contributed by atoms with Gasteiger partial charge in [0.05, 0.1) is 17.2 Å². The van der Waals surface area contributed by atoms with E-state index in [0.717, 1.165) is 11.1 Å². The molecule has 1 fully saturated rings. The molecule has 6 nitrogen and oxygen atoms in total. The molecule has 142 valence electrons. The smallest absolute Gasteiger partial charge is 0.410 e. The second-order valence-electron chi connectivity index (χ2n) is 7.48. The highest BCUT2D eigenvalue weighted by atomic mass is 35.5. The highest BCUT2D eigenvalue weighted by Crippen LogP contribution is 2.43. The fourth-order valence-electron chi connectivity index (χ4n) is 2.96. The summed E-state index contributed by atoms with van der Waals surface area (Å²) in [6.45, 7) is 10.5. The van der Waals surface area contributed by atoms with Gasteiger partial charge in [-0.25, -0.2) is 4.79 Å². The van der Waals surface area contributed by atoms with Gasteiger partial charge in [-0.1, -0.05) is 11.6 Å². The van der Waals surface area contributed by atoms with E-state index < -0.39 is 5.60 Å². The van der Waals surface area contributed by atoms with Gasteiger partial charge in [-0.15, -0.1) is 0 Å². The van der Waals surface area contributed by atoms with Crippen molar-refractivity contribution in [3.8, 4) is 11.8 Å². The summed E-state index contributed by atoms with van der Waals surface area (Å²) in [7, 11) is 0. The molecule has 1 aliphatic rings. The lowest BCUT2D eigenvalue weighted by Gasteiger charge is -2.41. The molecule has 0 radical (unpaired) electrons. The first-order valence-electron chi connectivity index (χ1n) is 8.71. The lowest BCUT2D eigenvalue weighted by Crippen LogP contribution is -2.50. The molecular formula is C19H26ClN3O3. The molecule has 1 atom stereocenters. The number of benzene rings is 1. The molecule has 1 saturated heterocycles. The van der Waals surface area contributed by atoms with Gasteiger partial charge < -0.3 is 20.1 Å². The monoisotopic (exact) mass is 379 g/mol. The van der Waals surface area contributed by atoms with Crippen molar-refractivity contribution >= 4 is 17.7 Å². The molecule has 1 unspecified atom stereocenters. The zero-order chi connectivity index (χ0) is 19.6. The van der Waals surface area contributed by atoms with Crippen LogP contribution in [0.25, 0.3) is 0 Å². The van der Waals surface area contributed by atoms with Crippen LogP contribution in [0.15, 0.2) is 6.07 Å². The number of hydrogen-bond acceptors (Lipinski definition) is 5. The highest BCUT2D eigenvalue weighted by Gasteiger charge is 2.38. The van der Waals surface area contributed by atoms with Crippen molar-refractivity contribution in [2.75, 3.05) is 19.7 Å². The largest absolute Gasteiger partial charge is 0.493 e. The van der Waals surface area contributed by atoms with Crippen molar-refractivity contribution in [2.45, 2.75) is 52.2 Å². The van der Waals surface area contributed by atoms with Crippen LogP contribution in [0.5, 0.6) is 5.75 Å². The van der Waals surface area contributed by atoms with Crippen molar-refractivity contribution in [3.63, 3.8) is 0 Å². The maximum atomic E-state index is 12.2. The average Bonchev–Trinajstić information content (AvgIpc) is 2.46. The van der Waals surface area contributed by atoms with Gasteiger partial charge in [-0.3, -0.25) is 0 Å². The van der Waals surface area contributed by atoms with Crippen LogP contribution in [-0.4, -0.2) is 36.3 Å². The highest BCUT2D eigenvalue weighted by molar-refractivity contribution is 6.32. The summed E-state index contributed by atoms with van der Waals surface area (Å²) >= 11 is 6.32. The van der Waals surface area contributed by atoms with Crippen LogP contribution in [0.1, 0.15) is 63.3 Å². The Kier molecular flexibility index (Phi) is 6.05. The summed E-state index contributed by atoms with van der Waals surface area (Å²) in [4.78, 5) is 13.8. The van der Waals surface area contributed by atoms with E-state index in [0.29, 0.717) is 36.0 Å². The summed E-state index contributed by atoms with van der Waals surface area (Å²) in [6, 6.07) is 3.58. The van der Waals surface area contributed by atoms with E-state index in [4.69, 9.17) is 26.8 Å². The molecule has 7 heteroatoms. The minimum absolute atomic E-state index is 0.0464. The molecule has 1 aromatic carbocycles. The zero-order valence-corrected chi connectivity index (χ0v) is 16.7. The van der Waals surface area contributed by atoms with Crippen LogP contribution in [-0.2, 0) is 4.74 Å². The van der Waals surface area contributed by atoms with Gasteiger partial charge in [0, 0.05) is 36.2 Å². The third-order valence-electron chi connectivity index (χ3n) is 4.13. The van der Waals surface area contributed by atoms with E-state index in [9.17, 15) is 10.1 Å². The fraction of sp³-hybridized carbons (Fsp3) is 0.579. The molecule has 0 spiro atoms. The molecule has 1 heterocycles. The Morgan fingerprint density at radius 1 is 1.50 bits per heavy atom. The van der Waals surface area contributed by atoms with Crippen LogP contribution in [0, 0.1) is 11.3 Å². The maximum Gasteiger partial charge on any atom is 0.410 e. The second-order valence-corrected chi connectivity index (χ2v) is 7.89. The van der Waals surface area contributed by atoms with Crippen LogP contribution in [0.3, 0.4) is 0 Å².